The molecule has 0 aliphatic rings. The number of amides is 1. The number of carbonyl (C=O) groups excluding carboxylic acids is 1. The molecule has 31 heavy (non-hydrogen) atoms. The molecular formula is C22H26N4O3S2. The molecule has 0 spiro atoms. The average molecular weight is 459 g/mol. The molecule has 3 rings (SSSR count). The Morgan fingerprint density at radius 1 is 1.16 bits per heavy atom. The summed E-state index contributed by atoms with van der Waals surface area (Å²) in [5, 5.41) is 9.03. The first kappa shape index (κ1) is 22.8. The monoisotopic (exact) mass is 458 g/mol. The Bertz CT molecular complexity index is 998. The summed E-state index contributed by atoms with van der Waals surface area (Å²) in [5.74, 6) is 1.06. The van der Waals surface area contributed by atoms with Crippen LogP contribution in [0.15, 0.2) is 46.2 Å². The van der Waals surface area contributed by atoms with Gasteiger partial charge >= 0.3 is 0 Å². The highest BCUT2D eigenvalue weighted by Crippen LogP contribution is 2.29. The van der Waals surface area contributed by atoms with Crippen LogP contribution in [0, 0.1) is 0 Å². The van der Waals surface area contributed by atoms with E-state index in [9.17, 15) is 4.79 Å². The minimum Gasteiger partial charge on any atom is -0.490 e. The molecule has 2 aromatic heterocycles. The smallest absolute Gasteiger partial charge is 0.260 e. The largest absolute Gasteiger partial charge is 0.490 e. The quantitative estimate of drug-likeness (QED) is 0.325. The van der Waals surface area contributed by atoms with Crippen LogP contribution < -0.4 is 14.9 Å². The Hall–Kier alpha value is -2.91. The number of anilines is 1. The zero-order chi connectivity index (χ0) is 22.1. The van der Waals surface area contributed by atoms with Crippen molar-refractivity contribution in [2.24, 2.45) is 5.10 Å². The van der Waals surface area contributed by atoms with Crippen molar-refractivity contribution in [2.75, 3.05) is 31.7 Å². The third kappa shape index (κ3) is 6.28. The highest BCUT2D eigenvalue weighted by Gasteiger charge is 2.13. The summed E-state index contributed by atoms with van der Waals surface area (Å²) in [6.07, 6.45) is 1.69. The Morgan fingerprint density at radius 2 is 2.00 bits per heavy atom. The number of aromatic nitrogens is 1. The predicted molar refractivity (Wildman–Crippen MR) is 128 cm³/mol. The fourth-order valence-electron chi connectivity index (χ4n) is 2.82. The Labute approximate surface area is 190 Å². The molecule has 1 aromatic carbocycles. The van der Waals surface area contributed by atoms with Crippen molar-refractivity contribution < 1.29 is 14.3 Å². The van der Waals surface area contributed by atoms with Gasteiger partial charge in [-0.05, 0) is 56.0 Å². The number of rotatable bonds is 11. The fraction of sp³-hybridized carbons (Fsp3) is 0.318. The second-order valence-electron chi connectivity index (χ2n) is 6.38. The molecule has 2 heterocycles. The Morgan fingerprint density at radius 3 is 2.71 bits per heavy atom. The van der Waals surface area contributed by atoms with Gasteiger partial charge in [0.25, 0.3) is 5.91 Å². The van der Waals surface area contributed by atoms with Crippen LogP contribution in [0.2, 0.25) is 0 Å². The van der Waals surface area contributed by atoms with E-state index in [0.717, 1.165) is 21.3 Å². The zero-order valence-corrected chi connectivity index (χ0v) is 19.5. The van der Waals surface area contributed by atoms with Crippen LogP contribution in [0.25, 0.3) is 10.6 Å². The van der Waals surface area contributed by atoms with E-state index in [4.69, 9.17) is 9.47 Å². The van der Waals surface area contributed by atoms with Crippen LogP contribution in [0.4, 0.5) is 5.13 Å². The van der Waals surface area contributed by atoms with Gasteiger partial charge in [-0.15, -0.1) is 22.7 Å². The minimum atomic E-state index is -0.0485. The maximum atomic E-state index is 12.2. The molecule has 1 N–H and O–H groups in total. The molecule has 7 nitrogen and oxygen atoms in total. The van der Waals surface area contributed by atoms with Crippen molar-refractivity contribution in [1.82, 2.24) is 9.88 Å². The maximum Gasteiger partial charge on any atom is 0.260 e. The molecule has 3 aromatic rings. The van der Waals surface area contributed by atoms with Gasteiger partial charge in [-0.25, -0.2) is 4.98 Å². The Balaban J connectivity index is 1.62. The summed E-state index contributed by atoms with van der Waals surface area (Å²) >= 11 is 3.16. The maximum absolute atomic E-state index is 12.2. The molecule has 0 aliphatic heterocycles. The summed E-state index contributed by atoms with van der Waals surface area (Å²) in [4.78, 5) is 19.6. The number of ether oxygens (including phenoxy) is 2. The van der Waals surface area contributed by atoms with Crippen LogP contribution in [0.1, 0.15) is 26.3 Å². The molecule has 0 fully saturated rings. The minimum absolute atomic E-state index is 0.0205. The first-order valence-electron chi connectivity index (χ1n) is 10.1. The van der Waals surface area contributed by atoms with E-state index in [1.54, 1.807) is 28.5 Å². The highest BCUT2D eigenvalue weighted by molar-refractivity contribution is 7.15. The lowest BCUT2D eigenvalue weighted by molar-refractivity contribution is -0.132. The molecule has 164 valence electrons. The topological polar surface area (TPSA) is 76.0 Å². The van der Waals surface area contributed by atoms with Gasteiger partial charge in [0.15, 0.2) is 18.1 Å². The lowest BCUT2D eigenvalue weighted by Crippen LogP contribution is -2.34. The third-order valence-electron chi connectivity index (χ3n) is 4.39. The van der Waals surface area contributed by atoms with Gasteiger partial charge in [-0.1, -0.05) is 6.07 Å². The molecule has 9 heteroatoms. The van der Waals surface area contributed by atoms with E-state index in [1.807, 2.05) is 55.8 Å². The van der Waals surface area contributed by atoms with Crippen molar-refractivity contribution in [3.05, 3.63) is 46.7 Å². The van der Waals surface area contributed by atoms with E-state index < -0.39 is 0 Å². The van der Waals surface area contributed by atoms with E-state index in [2.05, 4.69) is 15.5 Å². The summed E-state index contributed by atoms with van der Waals surface area (Å²) in [7, 11) is 0. The van der Waals surface area contributed by atoms with Crippen molar-refractivity contribution in [2.45, 2.75) is 20.8 Å². The van der Waals surface area contributed by atoms with E-state index in [0.29, 0.717) is 31.2 Å². The second-order valence-corrected chi connectivity index (χ2v) is 8.18. The lowest BCUT2D eigenvalue weighted by atomic mass is 10.2. The molecule has 0 atom stereocenters. The number of likely N-dealkylation sites (N-methyl/N-ethyl adjacent to an activating group) is 1. The number of thiophene rings is 1. The summed E-state index contributed by atoms with van der Waals surface area (Å²) in [6.45, 7) is 7.59. The Kier molecular flexibility index (Phi) is 8.43. The first-order chi connectivity index (χ1) is 15.1. The summed E-state index contributed by atoms with van der Waals surface area (Å²) < 4.78 is 11.4. The van der Waals surface area contributed by atoms with Crippen LogP contribution in [-0.2, 0) is 4.79 Å². The SMILES string of the molecule is CCOc1cc(/C=N\Nc2nc(-c3cccs3)cs2)ccc1OCC(=O)N(CC)CC. The van der Waals surface area contributed by atoms with Gasteiger partial charge in [0, 0.05) is 18.5 Å². The number of nitrogens with zero attached hydrogens (tertiary/aromatic N) is 3. The van der Waals surface area contributed by atoms with Crippen LogP contribution in [-0.4, -0.2) is 48.3 Å². The van der Waals surface area contributed by atoms with Crippen molar-refractivity contribution >= 4 is 39.9 Å². The van der Waals surface area contributed by atoms with Crippen LogP contribution in [0.5, 0.6) is 11.5 Å². The number of hydrazone groups is 1. The molecule has 0 radical (unpaired) electrons. The molecule has 0 unspecified atom stereocenters. The molecule has 0 saturated carbocycles. The molecule has 0 aliphatic carbocycles. The lowest BCUT2D eigenvalue weighted by Gasteiger charge is -2.19. The number of thiazole rings is 1. The van der Waals surface area contributed by atoms with Crippen LogP contribution >= 0.6 is 22.7 Å². The van der Waals surface area contributed by atoms with E-state index in [-0.39, 0.29) is 12.5 Å². The standard InChI is InChI=1S/C22H26N4O3S2/c1-4-26(5-2)21(27)14-29-18-10-9-16(12-19(18)28-6-3)13-23-25-22-24-17(15-31-22)20-8-7-11-30-20/h7-13,15H,4-6,14H2,1-3H3,(H,24,25)/b23-13-. The first-order valence-corrected chi connectivity index (χ1v) is 11.9. The number of hydrogen-bond acceptors (Lipinski definition) is 8. The second kappa shape index (κ2) is 11.5. The number of hydrogen-bond donors (Lipinski definition) is 1. The molecular weight excluding hydrogens is 432 g/mol. The number of carbonyl (C=O) groups is 1. The molecule has 1 amide bonds. The van der Waals surface area contributed by atoms with Gasteiger partial charge in [0.2, 0.25) is 5.13 Å². The normalized spacial score (nSPS) is 10.9. The zero-order valence-electron chi connectivity index (χ0n) is 17.8. The summed E-state index contributed by atoms with van der Waals surface area (Å²) in [5.41, 5.74) is 4.75. The van der Waals surface area contributed by atoms with E-state index in [1.165, 1.54) is 11.3 Å². The van der Waals surface area contributed by atoms with Gasteiger partial charge in [0.1, 0.15) is 0 Å². The fourth-order valence-corrected chi connectivity index (χ4v) is 4.24. The third-order valence-corrected chi connectivity index (χ3v) is 6.03. The van der Waals surface area contributed by atoms with Crippen molar-refractivity contribution in [3.63, 3.8) is 0 Å². The number of benzene rings is 1. The van der Waals surface area contributed by atoms with Gasteiger partial charge in [-0.2, -0.15) is 5.10 Å². The van der Waals surface area contributed by atoms with Gasteiger partial charge < -0.3 is 14.4 Å². The van der Waals surface area contributed by atoms with Gasteiger partial charge in [0.05, 0.1) is 23.4 Å². The predicted octanol–water partition coefficient (Wildman–Crippen LogP) is 4.96. The van der Waals surface area contributed by atoms with Crippen molar-refractivity contribution in [1.29, 1.82) is 0 Å². The number of nitrogens with one attached hydrogen (secondary N) is 1. The van der Waals surface area contributed by atoms with Crippen LogP contribution in [0.3, 0.4) is 0 Å². The molecule has 0 bridgehead atoms. The average Bonchev–Trinajstić information content (AvgIpc) is 3.46. The van der Waals surface area contributed by atoms with E-state index >= 15 is 0 Å². The molecule has 0 saturated heterocycles. The summed E-state index contributed by atoms with van der Waals surface area (Å²) in [6, 6.07) is 9.55. The van der Waals surface area contributed by atoms with Crippen molar-refractivity contribution in [3.8, 4) is 22.1 Å². The van der Waals surface area contributed by atoms with Gasteiger partial charge in [-0.3, -0.25) is 10.2 Å². The highest BCUT2D eigenvalue weighted by atomic mass is 32.1.